The predicted octanol–water partition coefficient (Wildman–Crippen LogP) is 2.52. The molecule has 3 aromatic rings. The molecule has 1 unspecified atom stereocenters. The van der Waals surface area contributed by atoms with Gasteiger partial charge < -0.3 is 24.5 Å². The lowest BCUT2D eigenvalue weighted by Gasteiger charge is -2.32. The summed E-state index contributed by atoms with van der Waals surface area (Å²) in [6.07, 6.45) is 4.86. The second-order valence-electron chi connectivity index (χ2n) is 9.27. The maximum absolute atomic E-state index is 12.9. The summed E-state index contributed by atoms with van der Waals surface area (Å²) in [5, 5.41) is 4.08. The molecular weight excluding hydrogens is 469 g/mol. The number of anilines is 2. The normalized spacial score (nSPS) is 17.3. The second kappa shape index (κ2) is 9.17. The molecule has 0 aliphatic carbocycles. The highest BCUT2D eigenvalue weighted by molar-refractivity contribution is 7.86. The van der Waals surface area contributed by atoms with Crippen LogP contribution >= 0.6 is 0 Å². The zero-order chi connectivity index (χ0) is 25.5. The summed E-state index contributed by atoms with van der Waals surface area (Å²) in [7, 11) is 2.63. The third kappa shape index (κ3) is 4.73. The zero-order valence-corrected chi connectivity index (χ0v) is 21.7. The lowest BCUT2D eigenvalue weighted by atomic mass is 9.79. The Morgan fingerprint density at radius 3 is 2.34 bits per heavy atom. The number of rotatable bonds is 7. The first-order valence-electron chi connectivity index (χ1n) is 11.0. The molecule has 0 spiro atoms. The molecule has 0 bridgehead atoms. The number of benzene rings is 1. The van der Waals surface area contributed by atoms with Crippen LogP contribution in [0.2, 0.25) is 0 Å². The molecule has 1 aromatic carbocycles. The first-order valence-corrected chi connectivity index (χ1v) is 12.1. The van der Waals surface area contributed by atoms with E-state index >= 15 is 0 Å². The van der Waals surface area contributed by atoms with Crippen LogP contribution in [-0.4, -0.2) is 51.5 Å². The van der Waals surface area contributed by atoms with Crippen molar-refractivity contribution in [1.82, 2.24) is 14.8 Å². The number of hydrogen-bond donors (Lipinski definition) is 2. The van der Waals surface area contributed by atoms with Crippen LogP contribution in [0.1, 0.15) is 27.7 Å². The summed E-state index contributed by atoms with van der Waals surface area (Å²) in [4.78, 5) is 4.91. The third-order valence-corrected chi connectivity index (χ3v) is 7.40. The fourth-order valence-electron chi connectivity index (χ4n) is 3.68. The Morgan fingerprint density at radius 1 is 1.09 bits per heavy atom. The summed E-state index contributed by atoms with van der Waals surface area (Å²) in [6.45, 7) is 7.97. The number of hydrogen-bond acceptors (Lipinski definition) is 8. The average molecular weight is 499 g/mol. The summed E-state index contributed by atoms with van der Waals surface area (Å²) < 4.78 is 41.0. The maximum atomic E-state index is 12.9. The van der Waals surface area contributed by atoms with E-state index in [0.717, 1.165) is 5.46 Å². The van der Waals surface area contributed by atoms with E-state index in [1.807, 2.05) is 33.8 Å². The predicted molar refractivity (Wildman–Crippen MR) is 136 cm³/mol. The second-order valence-corrected chi connectivity index (χ2v) is 10.5. The minimum atomic E-state index is -1.59. The van der Waals surface area contributed by atoms with Gasteiger partial charge >= 0.3 is 7.12 Å². The van der Waals surface area contributed by atoms with Gasteiger partial charge in [-0.25, -0.2) is 9.19 Å². The lowest BCUT2D eigenvalue weighted by molar-refractivity contribution is 0.00578. The molecule has 186 valence electrons. The van der Waals surface area contributed by atoms with Gasteiger partial charge in [0.2, 0.25) is 0 Å². The Kier molecular flexibility index (Phi) is 6.56. The first kappa shape index (κ1) is 25.0. The number of aromatic nitrogens is 3. The van der Waals surface area contributed by atoms with Gasteiger partial charge in [0.05, 0.1) is 42.2 Å². The number of methoxy groups -OCH3 is 2. The fraction of sp³-hybridized carbons (Fsp3) is 0.391. The third-order valence-electron chi connectivity index (χ3n) is 6.35. The smallest absolute Gasteiger partial charge is 0.493 e. The number of pyridine rings is 1. The Bertz CT molecular complexity index is 1260. The van der Waals surface area contributed by atoms with Gasteiger partial charge in [-0.15, -0.1) is 0 Å². The van der Waals surface area contributed by atoms with Crippen molar-refractivity contribution in [1.29, 1.82) is 0 Å². The van der Waals surface area contributed by atoms with Crippen molar-refractivity contribution in [2.45, 2.75) is 43.8 Å². The quantitative estimate of drug-likeness (QED) is 0.476. The molecule has 1 fully saturated rings. The van der Waals surface area contributed by atoms with Crippen LogP contribution in [0, 0.1) is 0 Å². The van der Waals surface area contributed by atoms with Crippen LogP contribution < -0.4 is 25.4 Å². The molecule has 3 heterocycles. The van der Waals surface area contributed by atoms with Crippen molar-refractivity contribution in [2.75, 3.05) is 24.7 Å². The molecule has 4 rings (SSSR count). The van der Waals surface area contributed by atoms with Crippen LogP contribution in [0.4, 0.5) is 11.5 Å². The van der Waals surface area contributed by atoms with Gasteiger partial charge in [-0.3, -0.25) is 9.40 Å². The average Bonchev–Trinajstić information content (AvgIpc) is 3.33. The minimum absolute atomic E-state index is 0.316. The number of ether oxygens (including phenoxy) is 2. The van der Waals surface area contributed by atoms with Crippen LogP contribution in [0.3, 0.4) is 0 Å². The zero-order valence-electron chi connectivity index (χ0n) is 20.9. The van der Waals surface area contributed by atoms with E-state index in [9.17, 15) is 4.21 Å². The molecule has 1 saturated heterocycles. The minimum Gasteiger partial charge on any atom is -0.493 e. The van der Waals surface area contributed by atoms with E-state index in [-0.39, 0.29) is 0 Å². The van der Waals surface area contributed by atoms with Crippen LogP contribution in [0.15, 0.2) is 41.7 Å². The van der Waals surface area contributed by atoms with Gasteiger partial charge in [0.25, 0.3) is 0 Å². The summed E-state index contributed by atoms with van der Waals surface area (Å²) in [5.41, 5.74) is 7.83. The van der Waals surface area contributed by atoms with E-state index in [2.05, 4.69) is 14.8 Å². The molecule has 0 radical (unpaired) electrons. The Hall–Kier alpha value is -3.09. The monoisotopic (exact) mass is 499 g/mol. The van der Waals surface area contributed by atoms with Gasteiger partial charge in [-0.2, -0.15) is 5.10 Å². The number of aryl methyl sites for hydroxylation is 1. The lowest BCUT2D eigenvalue weighted by Crippen LogP contribution is -2.41. The Morgan fingerprint density at radius 2 is 1.77 bits per heavy atom. The molecule has 3 N–H and O–H groups in total. The number of nitrogens with one attached hydrogen (secondary N) is 1. The molecular formula is C23H30BN5O5S. The topological polar surface area (TPSA) is 123 Å². The van der Waals surface area contributed by atoms with E-state index in [1.165, 1.54) is 20.4 Å². The SMILES string of the molecule is COc1cc(-c2cc(B3OC(C)(C)C(C)(C)O3)cnc2N)cc(NS(=O)c2cnn(C)c2)c1OC. The molecule has 0 saturated carbocycles. The molecule has 1 aliphatic rings. The standard InChI is InChI=1S/C23H30BN5O5S/c1-22(2)23(3,4)34-24(33-22)15-10-17(21(25)26-11-15)14-8-18(20(32-7)19(9-14)31-6)28-35(30)16-12-27-29(5)13-16/h8-13,28H,1-7H3,(H2,25,26). The summed E-state index contributed by atoms with van der Waals surface area (Å²) in [6, 6.07) is 5.46. The van der Waals surface area contributed by atoms with Crippen molar-refractivity contribution in [3.05, 3.63) is 36.8 Å². The van der Waals surface area contributed by atoms with Gasteiger partial charge in [0.1, 0.15) is 5.82 Å². The molecule has 0 amide bonds. The van der Waals surface area contributed by atoms with Gasteiger partial charge in [0.15, 0.2) is 22.5 Å². The van der Waals surface area contributed by atoms with Crippen molar-refractivity contribution in [3.63, 3.8) is 0 Å². The maximum Gasteiger partial charge on any atom is 0.496 e. The molecule has 10 nitrogen and oxygen atoms in total. The molecule has 12 heteroatoms. The van der Waals surface area contributed by atoms with E-state index in [4.69, 9.17) is 24.5 Å². The molecule has 2 aromatic heterocycles. The number of nitrogen functional groups attached to an aromatic ring is 1. The van der Waals surface area contributed by atoms with E-state index in [1.54, 1.807) is 36.3 Å². The largest absolute Gasteiger partial charge is 0.496 e. The fourth-order valence-corrected chi connectivity index (χ4v) is 4.54. The highest BCUT2D eigenvalue weighted by Gasteiger charge is 2.51. The number of nitrogens with two attached hydrogens (primary N) is 1. The van der Waals surface area contributed by atoms with Gasteiger partial charge in [-0.05, 0) is 51.5 Å². The first-order chi connectivity index (χ1) is 16.5. The van der Waals surface area contributed by atoms with Crippen LogP contribution in [-0.2, 0) is 27.3 Å². The highest BCUT2D eigenvalue weighted by atomic mass is 32.2. The van der Waals surface area contributed by atoms with E-state index < -0.39 is 29.3 Å². The summed E-state index contributed by atoms with van der Waals surface area (Å²) >= 11 is 0. The van der Waals surface area contributed by atoms with Crippen LogP contribution in [0.25, 0.3) is 11.1 Å². The Labute approximate surface area is 207 Å². The van der Waals surface area contributed by atoms with Crippen LogP contribution in [0.5, 0.6) is 11.5 Å². The van der Waals surface area contributed by atoms with Crippen molar-refractivity contribution in [2.24, 2.45) is 7.05 Å². The Balaban J connectivity index is 1.75. The highest BCUT2D eigenvalue weighted by Crippen LogP contribution is 2.41. The molecule has 35 heavy (non-hydrogen) atoms. The van der Waals surface area contributed by atoms with E-state index in [0.29, 0.717) is 39.0 Å². The van der Waals surface area contributed by atoms with Crippen molar-refractivity contribution in [3.8, 4) is 22.6 Å². The van der Waals surface area contributed by atoms with Gasteiger partial charge in [-0.1, -0.05) is 0 Å². The summed E-state index contributed by atoms with van der Waals surface area (Å²) in [5.74, 6) is 1.16. The van der Waals surface area contributed by atoms with Crippen molar-refractivity contribution >= 4 is 35.1 Å². The van der Waals surface area contributed by atoms with Gasteiger partial charge in [0, 0.05) is 30.5 Å². The van der Waals surface area contributed by atoms with Crippen molar-refractivity contribution < 1.29 is 23.0 Å². The molecule has 1 atom stereocenters. The number of nitrogens with zero attached hydrogens (tertiary/aromatic N) is 3. The molecule has 1 aliphatic heterocycles.